The standard InChI is InChI=1S/C29H34N2O8/c1-35-18-9-17-14-31-22(13-19(17)24(12-18)36-2)20-7-6-8-21(29(31)34)30(20)15-23(32)27(33)16-10-25(37-3)28(39-5)26(11-16)38-4/h9-12,20-22H,6-8,13-15H2,1-5H3/t20?,21?,22-/m0/s1. The molecule has 1 amide bonds. The first-order valence-corrected chi connectivity index (χ1v) is 13.0. The van der Waals surface area contributed by atoms with Crippen molar-refractivity contribution >= 4 is 17.5 Å². The topological polar surface area (TPSA) is 104 Å². The lowest BCUT2D eigenvalue weighted by molar-refractivity contribution is -0.158. The molecule has 2 saturated heterocycles. The molecule has 0 N–H and O–H groups in total. The van der Waals surface area contributed by atoms with E-state index < -0.39 is 17.6 Å². The van der Waals surface area contributed by atoms with Crippen LogP contribution in [0.25, 0.3) is 0 Å². The number of methoxy groups -OCH3 is 5. The van der Waals surface area contributed by atoms with Crippen molar-refractivity contribution in [1.29, 1.82) is 0 Å². The Labute approximate surface area is 227 Å². The van der Waals surface area contributed by atoms with Gasteiger partial charge in [-0.15, -0.1) is 0 Å². The van der Waals surface area contributed by atoms with Crippen molar-refractivity contribution in [3.8, 4) is 28.7 Å². The number of hydrogen-bond donors (Lipinski definition) is 0. The minimum absolute atomic E-state index is 0.00331. The van der Waals surface area contributed by atoms with Crippen molar-refractivity contribution in [2.45, 2.75) is 50.4 Å². The second kappa shape index (κ2) is 10.8. The number of fused-ring (bicyclic) bond motifs is 5. The summed E-state index contributed by atoms with van der Waals surface area (Å²) in [7, 11) is 7.61. The number of nitrogens with zero attached hydrogens (tertiary/aromatic N) is 2. The molecule has 39 heavy (non-hydrogen) atoms. The third-order valence-corrected chi connectivity index (χ3v) is 8.21. The van der Waals surface area contributed by atoms with Crippen LogP contribution in [0.2, 0.25) is 0 Å². The molecule has 5 rings (SSSR count). The Morgan fingerprint density at radius 2 is 1.54 bits per heavy atom. The van der Waals surface area contributed by atoms with Crippen LogP contribution in [0.15, 0.2) is 24.3 Å². The zero-order valence-electron chi connectivity index (χ0n) is 22.9. The number of carbonyl (C=O) groups excluding carboxylic acids is 3. The number of amides is 1. The van der Waals surface area contributed by atoms with Crippen molar-refractivity contribution < 1.29 is 38.1 Å². The van der Waals surface area contributed by atoms with E-state index in [1.807, 2.05) is 21.9 Å². The van der Waals surface area contributed by atoms with E-state index in [1.54, 1.807) is 14.2 Å². The summed E-state index contributed by atoms with van der Waals surface area (Å²) in [5, 5.41) is 0. The predicted molar refractivity (Wildman–Crippen MR) is 141 cm³/mol. The maximum Gasteiger partial charge on any atom is 0.240 e. The third kappa shape index (κ3) is 4.56. The Hall–Kier alpha value is -3.79. The highest BCUT2D eigenvalue weighted by Gasteiger charge is 2.51. The lowest BCUT2D eigenvalue weighted by Crippen LogP contribution is -2.70. The molecule has 2 aromatic carbocycles. The molecule has 0 aromatic heterocycles. The normalized spacial score (nSPS) is 21.9. The van der Waals surface area contributed by atoms with Gasteiger partial charge in [0.1, 0.15) is 11.5 Å². The molecule has 208 valence electrons. The van der Waals surface area contributed by atoms with Crippen LogP contribution in [0.3, 0.4) is 0 Å². The monoisotopic (exact) mass is 538 g/mol. The highest BCUT2D eigenvalue weighted by atomic mass is 16.5. The summed E-state index contributed by atoms with van der Waals surface area (Å²) in [4.78, 5) is 44.3. The molecule has 2 unspecified atom stereocenters. The summed E-state index contributed by atoms with van der Waals surface area (Å²) in [6, 6.07) is 6.18. The van der Waals surface area contributed by atoms with Crippen LogP contribution in [-0.2, 0) is 22.6 Å². The zero-order valence-corrected chi connectivity index (χ0v) is 22.9. The number of rotatable bonds is 9. The Balaban J connectivity index is 1.42. The third-order valence-electron chi connectivity index (χ3n) is 8.21. The van der Waals surface area contributed by atoms with Crippen LogP contribution >= 0.6 is 0 Å². The van der Waals surface area contributed by atoms with E-state index in [4.69, 9.17) is 23.7 Å². The second-order valence-corrected chi connectivity index (χ2v) is 10.1. The quantitative estimate of drug-likeness (QED) is 0.352. The van der Waals surface area contributed by atoms with Gasteiger partial charge in [-0.3, -0.25) is 19.3 Å². The molecule has 10 nitrogen and oxygen atoms in total. The van der Waals surface area contributed by atoms with Crippen molar-refractivity contribution in [2.24, 2.45) is 0 Å². The first-order chi connectivity index (χ1) is 18.8. The van der Waals surface area contributed by atoms with E-state index >= 15 is 0 Å². The van der Waals surface area contributed by atoms with Gasteiger partial charge in [-0.25, -0.2) is 0 Å². The summed E-state index contributed by atoms with van der Waals surface area (Å²) in [6.07, 6.45) is 2.99. The van der Waals surface area contributed by atoms with Gasteiger partial charge in [0.15, 0.2) is 11.5 Å². The Bertz CT molecular complexity index is 1280. The smallest absolute Gasteiger partial charge is 0.240 e. The van der Waals surface area contributed by atoms with Crippen LogP contribution in [0, 0.1) is 0 Å². The summed E-state index contributed by atoms with van der Waals surface area (Å²) in [6.45, 7) is 0.332. The number of piperazine rings is 1. The molecular formula is C29H34N2O8. The second-order valence-electron chi connectivity index (χ2n) is 10.1. The largest absolute Gasteiger partial charge is 0.497 e. The van der Waals surface area contributed by atoms with E-state index in [9.17, 15) is 14.4 Å². The maximum absolute atomic E-state index is 13.7. The first-order valence-electron chi connectivity index (χ1n) is 13.0. The van der Waals surface area contributed by atoms with Crippen LogP contribution in [0.5, 0.6) is 28.7 Å². The zero-order chi connectivity index (χ0) is 27.8. The highest BCUT2D eigenvalue weighted by molar-refractivity contribution is 6.44. The number of benzene rings is 2. The van der Waals surface area contributed by atoms with Gasteiger partial charge in [-0.1, -0.05) is 0 Å². The number of hydrogen-bond acceptors (Lipinski definition) is 9. The van der Waals surface area contributed by atoms with E-state index in [0.29, 0.717) is 42.4 Å². The lowest BCUT2D eigenvalue weighted by atomic mass is 9.79. The predicted octanol–water partition coefficient (Wildman–Crippen LogP) is 2.67. The molecule has 3 atom stereocenters. The van der Waals surface area contributed by atoms with Crippen LogP contribution in [0.4, 0.5) is 0 Å². The number of carbonyl (C=O) groups is 3. The molecule has 3 heterocycles. The van der Waals surface area contributed by atoms with Gasteiger partial charge in [-0.05, 0) is 49.4 Å². The molecule has 10 heteroatoms. The van der Waals surface area contributed by atoms with Crippen LogP contribution < -0.4 is 23.7 Å². The fraction of sp³-hybridized carbons (Fsp3) is 0.483. The van der Waals surface area contributed by atoms with Crippen molar-refractivity contribution in [3.63, 3.8) is 0 Å². The summed E-state index contributed by atoms with van der Waals surface area (Å²) < 4.78 is 27.1. The van der Waals surface area contributed by atoms with Gasteiger partial charge in [0.25, 0.3) is 0 Å². The van der Waals surface area contributed by atoms with Gasteiger partial charge in [0.2, 0.25) is 23.2 Å². The summed E-state index contributed by atoms with van der Waals surface area (Å²) in [5.74, 6) is 1.09. The van der Waals surface area contributed by atoms with E-state index in [0.717, 1.165) is 29.7 Å². The van der Waals surface area contributed by atoms with Crippen molar-refractivity contribution in [1.82, 2.24) is 9.80 Å². The Morgan fingerprint density at radius 3 is 2.15 bits per heavy atom. The first kappa shape index (κ1) is 26.8. The molecule has 2 fully saturated rings. The number of Topliss-reactive ketones (excluding diaryl/α,β-unsaturated/α-hetero) is 2. The van der Waals surface area contributed by atoms with Crippen LogP contribution in [-0.4, -0.2) is 87.5 Å². The molecule has 3 aliphatic heterocycles. The fourth-order valence-electron chi connectivity index (χ4n) is 6.34. The van der Waals surface area contributed by atoms with E-state index in [-0.39, 0.29) is 30.1 Å². The molecule has 3 aliphatic rings. The maximum atomic E-state index is 13.7. The van der Waals surface area contributed by atoms with Gasteiger partial charge >= 0.3 is 0 Å². The van der Waals surface area contributed by atoms with Gasteiger partial charge in [0, 0.05) is 29.8 Å². The fourth-order valence-corrected chi connectivity index (χ4v) is 6.34. The minimum atomic E-state index is -0.662. The molecule has 0 saturated carbocycles. The van der Waals surface area contributed by atoms with E-state index in [2.05, 4.69) is 0 Å². The van der Waals surface area contributed by atoms with Crippen molar-refractivity contribution in [3.05, 3.63) is 41.0 Å². The summed E-state index contributed by atoms with van der Waals surface area (Å²) in [5.41, 5.74) is 2.21. The summed E-state index contributed by atoms with van der Waals surface area (Å²) >= 11 is 0. The molecule has 0 aliphatic carbocycles. The lowest BCUT2D eigenvalue weighted by Gasteiger charge is -2.55. The van der Waals surface area contributed by atoms with Crippen molar-refractivity contribution in [2.75, 3.05) is 42.1 Å². The van der Waals surface area contributed by atoms with Gasteiger partial charge in [0.05, 0.1) is 54.2 Å². The van der Waals surface area contributed by atoms with Gasteiger partial charge < -0.3 is 28.6 Å². The van der Waals surface area contributed by atoms with E-state index in [1.165, 1.54) is 33.5 Å². The average molecular weight is 539 g/mol. The Morgan fingerprint density at radius 1 is 0.846 bits per heavy atom. The molecular weight excluding hydrogens is 504 g/mol. The minimum Gasteiger partial charge on any atom is -0.497 e. The van der Waals surface area contributed by atoms with Crippen LogP contribution in [0.1, 0.15) is 40.7 Å². The highest BCUT2D eigenvalue weighted by Crippen LogP contribution is 2.42. The molecule has 2 bridgehead atoms. The average Bonchev–Trinajstić information content (AvgIpc) is 2.97. The number of piperidine rings is 1. The molecule has 2 aromatic rings. The number of ketones is 2. The molecule has 0 radical (unpaired) electrons. The van der Waals surface area contributed by atoms with Gasteiger partial charge in [-0.2, -0.15) is 0 Å². The SMILES string of the molecule is COc1cc2c(c(OC)c1)C[C@H]1C3CCCC(C(=O)N1C2)N3CC(=O)C(=O)c1cc(OC)c(OC)c(OC)c1. The molecule has 0 spiro atoms. The number of ether oxygens (including phenoxy) is 5. The Kier molecular flexibility index (Phi) is 7.40.